The number of β-amino-alcohol motifs (C(OH)–C–C–N with tert-alkyl or cyclic N) is 1. The summed E-state index contributed by atoms with van der Waals surface area (Å²) in [4.78, 5) is 13.8. The third-order valence-electron chi connectivity index (χ3n) is 3.06. The normalized spacial score (nSPS) is 23.7. The van der Waals surface area contributed by atoms with Crippen LogP contribution in [0.25, 0.3) is 0 Å². The van der Waals surface area contributed by atoms with E-state index < -0.39 is 6.10 Å². The second-order valence-corrected chi connectivity index (χ2v) is 5.46. The molecule has 1 aromatic carbocycles. The van der Waals surface area contributed by atoms with Gasteiger partial charge in [-0.25, -0.2) is 0 Å². The molecule has 5 heteroatoms. The van der Waals surface area contributed by atoms with Gasteiger partial charge in [0.15, 0.2) is 0 Å². The largest absolute Gasteiger partial charge is 0.390 e. The Balaban J connectivity index is 2.11. The number of benzene rings is 1. The SMILES string of the molecule is CN(C(=O)c1ccc(I)cc1)[C@H]1CNC[C@@H]1O. The Labute approximate surface area is 114 Å². The number of carbonyl (C=O) groups excluding carboxylic acids is 1. The molecule has 1 aliphatic heterocycles. The van der Waals surface area contributed by atoms with Crippen molar-refractivity contribution < 1.29 is 9.90 Å². The van der Waals surface area contributed by atoms with Gasteiger partial charge in [0.1, 0.15) is 0 Å². The zero-order valence-corrected chi connectivity index (χ0v) is 11.7. The van der Waals surface area contributed by atoms with Gasteiger partial charge in [-0.3, -0.25) is 4.79 Å². The summed E-state index contributed by atoms with van der Waals surface area (Å²) in [6, 6.07) is 7.31. The fraction of sp³-hybridized carbons (Fsp3) is 0.417. The van der Waals surface area contributed by atoms with Crippen LogP contribution in [-0.2, 0) is 0 Å². The molecule has 0 bridgehead atoms. The van der Waals surface area contributed by atoms with Crippen LogP contribution in [0.15, 0.2) is 24.3 Å². The number of rotatable bonds is 2. The quantitative estimate of drug-likeness (QED) is 0.775. The predicted molar refractivity (Wildman–Crippen MR) is 73.9 cm³/mol. The van der Waals surface area contributed by atoms with Gasteiger partial charge in [-0.05, 0) is 46.9 Å². The molecular formula is C12H15IN2O2. The van der Waals surface area contributed by atoms with Gasteiger partial charge in [0.2, 0.25) is 0 Å². The first-order valence-electron chi connectivity index (χ1n) is 5.51. The lowest BCUT2D eigenvalue weighted by Crippen LogP contribution is -2.44. The lowest BCUT2D eigenvalue weighted by atomic mass is 10.1. The highest BCUT2D eigenvalue weighted by Crippen LogP contribution is 2.13. The van der Waals surface area contributed by atoms with E-state index >= 15 is 0 Å². The zero-order valence-electron chi connectivity index (χ0n) is 9.56. The van der Waals surface area contributed by atoms with E-state index in [-0.39, 0.29) is 11.9 Å². The molecule has 0 radical (unpaired) electrons. The number of nitrogens with one attached hydrogen (secondary N) is 1. The van der Waals surface area contributed by atoms with Crippen LogP contribution in [0, 0.1) is 3.57 Å². The molecule has 1 fully saturated rings. The number of aliphatic hydroxyl groups is 1. The van der Waals surface area contributed by atoms with Gasteiger partial charge in [0, 0.05) is 29.3 Å². The molecular weight excluding hydrogens is 331 g/mol. The third kappa shape index (κ3) is 2.78. The smallest absolute Gasteiger partial charge is 0.253 e. The van der Waals surface area contributed by atoms with Crippen LogP contribution in [0.3, 0.4) is 0 Å². The summed E-state index contributed by atoms with van der Waals surface area (Å²) in [6.45, 7) is 1.20. The average Bonchev–Trinajstić information content (AvgIpc) is 2.74. The number of aliphatic hydroxyl groups excluding tert-OH is 1. The topological polar surface area (TPSA) is 52.6 Å². The highest BCUT2D eigenvalue weighted by Gasteiger charge is 2.31. The first-order valence-corrected chi connectivity index (χ1v) is 6.59. The average molecular weight is 346 g/mol. The molecule has 1 aromatic rings. The van der Waals surface area contributed by atoms with Crippen molar-refractivity contribution in [3.8, 4) is 0 Å². The van der Waals surface area contributed by atoms with E-state index in [4.69, 9.17) is 0 Å². The van der Waals surface area contributed by atoms with Gasteiger partial charge in [-0.1, -0.05) is 0 Å². The summed E-state index contributed by atoms with van der Waals surface area (Å²) in [7, 11) is 1.74. The van der Waals surface area contributed by atoms with Crippen molar-refractivity contribution in [1.29, 1.82) is 0 Å². The fourth-order valence-electron chi connectivity index (χ4n) is 1.99. The first-order chi connectivity index (χ1) is 8.09. The highest BCUT2D eigenvalue weighted by molar-refractivity contribution is 14.1. The van der Waals surface area contributed by atoms with E-state index in [9.17, 15) is 9.90 Å². The summed E-state index contributed by atoms with van der Waals surface area (Å²) in [5.74, 6) is -0.0471. The Hall–Kier alpha value is -0.660. The molecule has 0 spiro atoms. The number of hydrogen-bond donors (Lipinski definition) is 2. The standard InChI is InChI=1S/C12H15IN2O2/c1-15(10-6-14-7-11(10)16)12(17)8-2-4-9(13)5-3-8/h2-5,10-11,14,16H,6-7H2,1H3/t10-,11-/m0/s1. The number of amides is 1. The monoisotopic (exact) mass is 346 g/mol. The Morgan fingerprint density at radius 2 is 2.06 bits per heavy atom. The Kier molecular flexibility index (Phi) is 4.01. The molecule has 4 nitrogen and oxygen atoms in total. The van der Waals surface area contributed by atoms with Gasteiger partial charge in [-0.15, -0.1) is 0 Å². The van der Waals surface area contributed by atoms with Crippen LogP contribution in [-0.4, -0.2) is 48.2 Å². The molecule has 1 saturated heterocycles. The van der Waals surface area contributed by atoms with E-state index in [1.54, 1.807) is 11.9 Å². The lowest BCUT2D eigenvalue weighted by molar-refractivity contribution is 0.0581. The van der Waals surface area contributed by atoms with Crippen LogP contribution in [0.4, 0.5) is 0 Å². The molecule has 2 atom stereocenters. The van der Waals surface area contributed by atoms with Crippen molar-refractivity contribution in [3.05, 3.63) is 33.4 Å². The van der Waals surface area contributed by atoms with Crippen LogP contribution in [0.5, 0.6) is 0 Å². The lowest BCUT2D eigenvalue weighted by Gasteiger charge is -2.26. The van der Waals surface area contributed by atoms with Gasteiger partial charge in [0.25, 0.3) is 5.91 Å². The van der Waals surface area contributed by atoms with Gasteiger partial charge < -0.3 is 15.3 Å². The zero-order chi connectivity index (χ0) is 12.4. The maximum Gasteiger partial charge on any atom is 0.253 e. The van der Waals surface area contributed by atoms with Crippen molar-refractivity contribution in [1.82, 2.24) is 10.2 Å². The Morgan fingerprint density at radius 3 is 2.59 bits per heavy atom. The van der Waals surface area contributed by atoms with Crippen molar-refractivity contribution in [2.75, 3.05) is 20.1 Å². The van der Waals surface area contributed by atoms with Gasteiger partial charge >= 0.3 is 0 Å². The summed E-state index contributed by atoms with van der Waals surface area (Å²) < 4.78 is 1.10. The van der Waals surface area contributed by atoms with E-state index in [1.807, 2.05) is 24.3 Å². The molecule has 0 aliphatic carbocycles. The molecule has 0 unspecified atom stereocenters. The van der Waals surface area contributed by atoms with Gasteiger partial charge in [-0.2, -0.15) is 0 Å². The summed E-state index contributed by atoms with van der Waals surface area (Å²) in [5, 5.41) is 12.8. The van der Waals surface area contributed by atoms with E-state index in [0.717, 1.165) is 3.57 Å². The molecule has 0 saturated carbocycles. The van der Waals surface area contributed by atoms with Crippen molar-refractivity contribution in [3.63, 3.8) is 0 Å². The fourth-order valence-corrected chi connectivity index (χ4v) is 2.35. The van der Waals surface area contributed by atoms with Crippen LogP contribution in [0.2, 0.25) is 0 Å². The second-order valence-electron chi connectivity index (χ2n) is 4.22. The maximum absolute atomic E-state index is 12.2. The molecule has 1 heterocycles. The predicted octanol–water partition coefficient (Wildman–Crippen LogP) is 0.696. The van der Waals surface area contributed by atoms with Crippen LogP contribution >= 0.6 is 22.6 Å². The summed E-state index contributed by atoms with van der Waals surface area (Å²) in [5.41, 5.74) is 0.659. The molecule has 2 N–H and O–H groups in total. The van der Waals surface area contributed by atoms with Crippen molar-refractivity contribution in [2.24, 2.45) is 0 Å². The number of likely N-dealkylation sites (N-methyl/N-ethyl adjacent to an activating group) is 1. The third-order valence-corrected chi connectivity index (χ3v) is 3.78. The molecule has 1 amide bonds. The summed E-state index contributed by atoms with van der Waals surface area (Å²) >= 11 is 2.20. The maximum atomic E-state index is 12.2. The van der Waals surface area contributed by atoms with E-state index in [2.05, 4.69) is 27.9 Å². The Bertz CT molecular complexity index is 407. The van der Waals surface area contributed by atoms with Crippen molar-refractivity contribution >= 4 is 28.5 Å². The van der Waals surface area contributed by atoms with Crippen LogP contribution in [0.1, 0.15) is 10.4 Å². The minimum atomic E-state index is -0.479. The van der Waals surface area contributed by atoms with Crippen LogP contribution < -0.4 is 5.32 Å². The minimum Gasteiger partial charge on any atom is -0.390 e. The molecule has 0 aromatic heterocycles. The summed E-state index contributed by atoms with van der Waals surface area (Å²) in [6.07, 6.45) is -0.479. The van der Waals surface area contributed by atoms with Crippen molar-refractivity contribution in [2.45, 2.75) is 12.1 Å². The van der Waals surface area contributed by atoms with Gasteiger partial charge in [0.05, 0.1) is 12.1 Å². The van der Waals surface area contributed by atoms with E-state index in [0.29, 0.717) is 18.7 Å². The van der Waals surface area contributed by atoms with E-state index in [1.165, 1.54) is 0 Å². The number of nitrogens with zero attached hydrogens (tertiary/aromatic N) is 1. The first kappa shape index (κ1) is 12.8. The molecule has 17 heavy (non-hydrogen) atoms. The number of halogens is 1. The molecule has 2 rings (SSSR count). The highest BCUT2D eigenvalue weighted by atomic mass is 127. The molecule has 1 aliphatic rings. The number of hydrogen-bond acceptors (Lipinski definition) is 3. The number of carbonyl (C=O) groups is 1. The second kappa shape index (κ2) is 5.32. The minimum absolute atomic E-state index is 0.0471. The molecule has 92 valence electrons. The Morgan fingerprint density at radius 1 is 1.41 bits per heavy atom.